The number of nitrogens with one attached hydrogen (secondary N) is 2. The van der Waals surface area contributed by atoms with Crippen LogP contribution >= 0.6 is 0 Å². The minimum Gasteiger partial charge on any atom is -0.493 e. The predicted molar refractivity (Wildman–Crippen MR) is 65.7 cm³/mol. The molecule has 18 heavy (non-hydrogen) atoms. The van der Waals surface area contributed by atoms with Crippen LogP contribution in [0.3, 0.4) is 0 Å². The molecule has 0 amide bonds. The number of aromatic nitrogens is 2. The van der Waals surface area contributed by atoms with Gasteiger partial charge in [0.05, 0.1) is 17.2 Å². The molecule has 6 heteroatoms. The Labute approximate surface area is 103 Å². The third-order valence-electron chi connectivity index (χ3n) is 2.40. The molecule has 0 aliphatic rings. The average molecular weight is 242 g/mol. The van der Waals surface area contributed by atoms with E-state index in [-0.39, 0.29) is 17.4 Å². The number of nitrogens with zero attached hydrogens (tertiary/aromatic N) is 2. The van der Waals surface area contributed by atoms with E-state index in [1.54, 1.807) is 24.3 Å². The van der Waals surface area contributed by atoms with Gasteiger partial charge in [0.1, 0.15) is 0 Å². The molecule has 3 N–H and O–H groups in total. The molecule has 1 aromatic heterocycles. The second kappa shape index (κ2) is 4.59. The number of hydrogen-bond donors (Lipinski definition) is 3. The van der Waals surface area contributed by atoms with Crippen molar-refractivity contribution in [2.45, 2.75) is 6.92 Å². The number of aromatic hydroxyl groups is 1. The number of hydrogen-bond acceptors (Lipinski definition) is 5. The molecule has 0 aliphatic heterocycles. The third kappa shape index (κ3) is 2.30. The summed E-state index contributed by atoms with van der Waals surface area (Å²) in [6, 6.07) is 8.62. The van der Waals surface area contributed by atoms with E-state index in [9.17, 15) is 9.90 Å². The third-order valence-corrected chi connectivity index (χ3v) is 2.40. The summed E-state index contributed by atoms with van der Waals surface area (Å²) in [5.74, 6) is -0.164. The molecule has 0 unspecified atom stereocenters. The first-order valence-corrected chi connectivity index (χ1v) is 5.17. The second-order valence-corrected chi connectivity index (χ2v) is 3.68. The molecule has 1 heterocycles. The van der Waals surface area contributed by atoms with Gasteiger partial charge in [-0.3, -0.25) is 9.78 Å². The van der Waals surface area contributed by atoms with Gasteiger partial charge >= 0.3 is 0 Å². The van der Waals surface area contributed by atoms with Crippen molar-refractivity contribution >= 4 is 11.6 Å². The first-order valence-electron chi connectivity index (χ1n) is 5.17. The zero-order valence-corrected chi connectivity index (χ0v) is 9.56. The SMILES string of the molecule is Cc1c(O)nc(Nc2ccc(C#N)cc2)[nH]c1=O. The van der Waals surface area contributed by atoms with E-state index in [1.807, 2.05) is 6.07 Å². The van der Waals surface area contributed by atoms with E-state index < -0.39 is 5.56 Å². The van der Waals surface area contributed by atoms with Gasteiger partial charge in [0.25, 0.3) is 5.56 Å². The highest BCUT2D eigenvalue weighted by atomic mass is 16.3. The largest absolute Gasteiger partial charge is 0.493 e. The van der Waals surface area contributed by atoms with Crippen molar-refractivity contribution in [3.05, 3.63) is 45.7 Å². The smallest absolute Gasteiger partial charge is 0.259 e. The topological polar surface area (TPSA) is 102 Å². The Balaban J connectivity index is 2.29. The molecule has 0 spiro atoms. The molecule has 0 atom stereocenters. The van der Waals surface area contributed by atoms with Crippen molar-refractivity contribution in [1.82, 2.24) is 9.97 Å². The summed E-state index contributed by atoms with van der Waals surface area (Å²) in [6.07, 6.45) is 0. The van der Waals surface area contributed by atoms with Gasteiger partial charge in [-0.15, -0.1) is 0 Å². The molecule has 1 aromatic carbocycles. The molecule has 90 valence electrons. The molecule has 0 radical (unpaired) electrons. The zero-order chi connectivity index (χ0) is 13.1. The van der Waals surface area contributed by atoms with E-state index >= 15 is 0 Å². The van der Waals surface area contributed by atoms with Crippen LogP contribution in [0.4, 0.5) is 11.6 Å². The molecular weight excluding hydrogens is 232 g/mol. The van der Waals surface area contributed by atoms with Crippen molar-refractivity contribution in [3.63, 3.8) is 0 Å². The van der Waals surface area contributed by atoms with E-state index in [0.717, 1.165) is 0 Å². The van der Waals surface area contributed by atoms with Gasteiger partial charge in [-0.05, 0) is 31.2 Å². The first kappa shape index (κ1) is 11.7. The van der Waals surface area contributed by atoms with E-state index in [4.69, 9.17) is 5.26 Å². The Hall–Kier alpha value is -2.81. The number of nitriles is 1. The number of benzene rings is 1. The van der Waals surface area contributed by atoms with Gasteiger partial charge < -0.3 is 10.4 Å². The van der Waals surface area contributed by atoms with E-state index in [0.29, 0.717) is 11.3 Å². The highest BCUT2D eigenvalue weighted by molar-refractivity contribution is 5.55. The molecule has 0 bridgehead atoms. The highest BCUT2D eigenvalue weighted by Gasteiger charge is 2.05. The summed E-state index contributed by atoms with van der Waals surface area (Å²) in [4.78, 5) is 17.7. The standard InChI is InChI=1S/C12H10N4O2/c1-7-10(17)15-12(16-11(7)18)14-9-4-2-8(6-13)3-5-9/h2-5H,1H3,(H3,14,15,16,17,18). The Kier molecular flexibility index (Phi) is 2.98. The quantitative estimate of drug-likeness (QED) is 0.738. The second-order valence-electron chi connectivity index (χ2n) is 3.68. The lowest BCUT2D eigenvalue weighted by atomic mass is 10.2. The monoisotopic (exact) mass is 242 g/mol. The fourth-order valence-corrected chi connectivity index (χ4v) is 1.34. The summed E-state index contributed by atoms with van der Waals surface area (Å²) in [5, 5.41) is 20.9. The minimum absolute atomic E-state index is 0.146. The summed E-state index contributed by atoms with van der Waals surface area (Å²) in [7, 11) is 0. The maximum atomic E-state index is 11.4. The lowest BCUT2D eigenvalue weighted by Crippen LogP contribution is -2.13. The van der Waals surface area contributed by atoms with Crippen molar-refractivity contribution in [3.8, 4) is 11.9 Å². The van der Waals surface area contributed by atoms with Gasteiger partial charge in [-0.25, -0.2) is 0 Å². The normalized spacial score (nSPS) is 9.78. The molecule has 0 saturated heterocycles. The van der Waals surface area contributed by atoms with Crippen LogP contribution in [0.1, 0.15) is 11.1 Å². The van der Waals surface area contributed by atoms with Crippen LogP contribution in [0.2, 0.25) is 0 Å². The molecule has 6 nitrogen and oxygen atoms in total. The predicted octanol–water partition coefficient (Wildman–Crippen LogP) is 1.40. The maximum Gasteiger partial charge on any atom is 0.259 e. The summed E-state index contributed by atoms with van der Waals surface area (Å²) in [5.41, 5.74) is 0.952. The van der Waals surface area contributed by atoms with Crippen LogP contribution in [-0.2, 0) is 0 Å². The molecule has 0 fully saturated rings. The lowest BCUT2D eigenvalue weighted by molar-refractivity contribution is 0.447. The molecular formula is C12H10N4O2. The van der Waals surface area contributed by atoms with Crippen molar-refractivity contribution in [2.75, 3.05) is 5.32 Å². The van der Waals surface area contributed by atoms with Crippen LogP contribution < -0.4 is 10.9 Å². The van der Waals surface area contributed by atoms with Gasteiger partial charge in [-0.1, -0.05) is 0 Å². The Morgan fingerprint density at radius 1 is 1.39 bits per heavy atom. The van der Waals surface area contributed by atoms with E-state index in [1.165, 1.54) is 6.92 Å². The van der Waals surface area contributed by atoms with Gasteiger partial charge in [0, 0.05) is 5.69 Å². The number of aromatic amines is 1. The van der Waals surface area contributed by atoms with Crippen LogP contribution in [0.5, 0.6) is 5.88 Å². The Morgan fingerprint density at radius 3 is 2.61 bits per heavy atom. The zero-order valence-electron chi connectivity index (χ0n) is 9.56. The fraction of sp³-hybridized carbons (Fsp3) is 0.0833. The first-order chi connectivity index (χ1) is 8.60. The van der Waals surface area contributed by atoms with Crippen molar-refractivity contribution in [1.29, 1.82) is 5.26 Å². The van der Waals surface area contributed by atoms with Crippen LogP contribution in [0.25, 0.3) is 0 Å². The van der Waals surface area contributed by atoms with Crippen molar-refractivity contribution in [2.24, 2.45) is 0 Å². The summed E-state index contributed by atoms with van der Waals surface area (Å²) >= 11 is 0. The average Bonchev–Trinajstić information content (AvgIpc) is 2.37. The molecule has 0 aliphatic carbocycles. The number of H-pyrrole nitrogens is 1. The fourth-order valence-electron chi connectivity index (χ4n) is 1.34. The van der Waals surface area contributed by atoms with Crippen molar-refractivity contribution < 1.29 is 5.11 Å². The molecule has 0 saturated carbocycles. The molecule has 2 aromatic rings. The molecule has 2 rings (SSSR count). The summed E-state index contributed by atoms with van der Waals surface area (Å²) < 4.78 is 0. The van der Waals surface area contributed by atoms with E-state index in [2.05, 4.69) is 15.3 Å². The Morgan fingerprint density at radius 2 is 2.06 bits per heavy atom. The minimum atomic E-state index is -0.404. The maximum absolute atomic E-state index is 11.4. The lowest BCUT2D eigenvalue weighted by Gasteiger charge is -2.06. The Bertz CT molecular complexity index is 668. The number of rotatable bonds is 2. The van der Waals surface area contributed by atoms with Gasteiger partial charge in [0.15, 0.2) is 0 Å². The van der Waals surface area contributed by atoms with Crippen LogP contribution in [0, 0.1) is 18.3 Å². The van der Waals surface area contributed by atoms with Crippen LogP contribution in [-0.4, -0.2) is 15.1 Å². The van der Waals surface area contributed by atoms with Gasteiger partial charge in [0.2, 0.25) is 11.8 Å². The van der Waals surface area contributed by atoms with Crippen LogP contribution in [0.15, 0.2) is 29.1 Å². The number of anilines is 2. The van der Waals surface area contributed by atoms with Gasteiger partial charge in [-0.2, -0.15) is 10.2 Å². The summed E-state index contributed by atoms with van der Waals surface area (Å²) in [6.45, 7) is 1.48. The highest BCUT2D eigenvalue weighted by Crippen LogP contribution is 2.15.